The van der Waals surface area contributed by atoms with Crippen LogP contribution in [0.3, 0.4) is 0 Å². The number of hydrogen-bond acceptors (Lipinski definition) is 6. The Bertz CT molecular complexity index is 665. The van der Waals surface area contributed by atoms with Crippen LogP contribution in [-0.4, -0.2) is 62.8 Å². The van der Waals surface area contributed by atoms with Gasteiger partial charge in [-0.15, -0.1) is 0 Å². The van der Waals surface area contributed by atoms with E-state index in [0.29, 0.717) is 6.54 Å². The summed E-state index contributed by atoms with van der Waals surface area (Å²) in [5.41, 5.74) is 1.45. The zero-order chi connectivity index (χ0) is 21.3. The molecule has 0 heterocycles. The highest BCUT2D eigenvalue weighted by Crippen LogP contribution is 2.13. The molecule has 1 aromatic rings. The number of carbonyl (C=O) groups excluding carboxylic acids is 3. The number of rotatable bonds is 8. The van der Waals surface area contributed by atoms with Gasteiger partial charge in [0, 0.05) is 39.9 Å². The van der Waals surface area contributed by atoms with Crippen LogP contribution in [0.25, 0.3) is 0 Å². The lowest BCUT2D eigenvalue weighted by Gasteiger charge is -2.19. The molecule has 0 aliphatic rings. The van der Waals surface area contributed by atoms with Crippen LogP contribution in [0.4, 0.5) is 10.5 Å². The molecule has 0 saturated heterocycles. The summed E-state index contributed by atoms with van der Waals surface area (Å²) in [6.45, 7) is 5.41. The number of anilines is 1. The van der Waals surface area contributed by atoms with E-state index in [1.54, 1.807) is 27.8 Å². The van der Waals surface area contributed by atoms with Crippen LogP contribution < -0.4 is 10.2 Å². The first-order valence-corrected chi connectivity index (χ1v) is 9.10. The summed E-state index contributed by atoms with van der Waals surface area (Å²) in [5.74, 6) is -0.863. The maximum atomic E-state index is 12.1. The second-order valence-electron chi connectivity index (χ2n) is 7.65. The number of ether oxygens (including phenoxy) is 2. The van der Waals surface area contributed by atoms with Gasteiger partial charge in [0.05, 0.1) is 6.42 Å². The number of benzene rings is 1. The number of amides is 2. The Morgan fingerprint density at radius 2 is 1.64 bits per heavy atom. The average molecular weight is 393 g/mol. The monoisotopic (exact) mass is 393 g/mol. The van der Waals surface area contributed by atoms with Crippen molar-refractivity contribution in [2.24, 2.45) is 0 Å². The van der Waals surface area contributed by atoms with Crippen molar-refractivity contribution in [1.82, 2.24) is 10.2 Å². The number of likely N-dealkylation sites (N-methyl/N-ethyl adjacent to an activating group) is 1. The predicted octanol–water partition coefficient (Wildman–Crippen LogP) is 2.17. The fourth-order valence-corrected chi connectivity index (χ4v) is 2.17. The van der Waals surface area contributed by atoms with E-state index in [2.05, 4.69) is 5.32 Å². The zero-order valence-corrected chi connectivity index (χ0v) is 17.6. The van der Waals surface area contributed by atoms with Crippen LogP contribution >= 0.6 is 0 Å². The second kappa shape index (κ2) is 10.5. The van der Waals surface area contributed by atoms with Crippen LogP contribution in [0.2, 0.25) is 0 Å². The molecule has 0 bridgehead atoms. The summed E-state index contributed by atoms with van der Waals surface area (Å²) in [7, 11) is 5.57. The smallest absolute Gasteiger partial charge is 0.407 e. The van der Waals surface area contributed by atoms with E-state index in [0.717, 1.165) is 11.3 Å². The molecule has 0 radical (unpaired) electrons. The summed E-state index contributed by atoms with van der Waals surface area (Å²) >= 11 is 0. The predicted molar refractivity (Wildman–Crippen MR) is 107 cm³/mol. The van der Waals surface area contributed by atoms with E-state index in [-0.39, 0.29) is 25.5 Å². The zero-order valence-electron chi connectivity index (χ0n) is 17.6. The minimum Gasteiger partial charge on any atom is -0.456 e. The Hall–Kier alpha value is -2.77. The molecule has 0 spiro atoms. The van der Waals surface area contributed by atoms with Gasteiger partial charge in [0.25, 0.3) is 5.91 Å². The Morgan fingerprint density at radius 3 is 2.18 bits per heavy atom. The van der Waals surface area contributed by atoms with Gasteiger partial charge in [0.1, 0.15) is 5.60 Å². The highest BCUT2D eigenvalue weighted by Gasteiger charge is 2.17. The number of nitrogens with zero attached hydrogens (tertiary/aromatic N) is 2. The molecular formula is C20H31N3O5. The topological polar surface area (TPSA) is 88.2 Å². The summed E-state index contributed by atoms with van der Waals surface area (Å²) in [5, 5.41) is 2.46. The third-order valence-corrected chi connectivity index (χ3v) is 3.65. The quantitative estimate of drug-likeness (QED) is 0.681. The summed E-state index contributed by atoms with van der Waals surface area (Å²) in [6, 6.07) is 7.86. The summed E-state index contributed by atoms with van der Waals surface area (Å²) in [4.78, 5) is 38.8. The molecule has 0 fully saturated rings. The van der Waals surface area contributed by atoms with E-state index < -0.39 is 17.7 Å². The van der Waals surface area contributed by atoms with Crippen LogP contribution in [-0.2, 0) is 25.6 Å². The van der Waals surface area contributed by atoms with Crippen molar-refractivity contribution >= 4 is 23.7 Å². The second-order valence-corrected chi connectivity index (χ2v) is 7.65. The minimum absolute atomic E-state index is 0.0394. The van der Waals surface area contributed by atoms with Crippen LogP contribution in [0.15, 0.2) is 24.3 Å². The number of hydrogen-bond donors (Lipinski definition) is 1. The van der Waals surface area contributed by atoms with Gasteiger partial charge in [-0.2, -0.15) is 0 Å². The molecule has 1 rings (SSSR count). The molecule has 28 heavy (non-hydrogen) atoms. The fourth-order valence-electron chi connectivity index (χ4n) is 2.17. The molecule has 156 valence electrons. The van der Waals surface area contributed by atoms with E-state index in [9.17, 15) is 14.4 Å². The molecule has 0 aliphatic carbocycles. The van der Waals surface area contributed by atoms with Crippen molar-refractivity contribution < 1.29 is 23.9 Å². The third-order valence-electron chi connectivity index (χ3n) is 3.65. The fraction of sp³-hybridized carbons (Fsp3) is 0.550. The molecule has 2 amide bonds. The van der Waals surface area contributed by atoms with E-state index in [4.69, 9.17) is 9.47 Å². The number of carbonyl (C=O) groups is 3. The van der Waals surface area contributed by atoms with Crippen molar-refractivity contribution in [3.63, 3.8) is 0 Å². The standard InChI is InChI=1S/C20H31N3O5/c1-20(2,3)28-19(26)21-12-11-18(25)27-14-17(24)23(6)13-15-7-9-16(10-8-15)22(4)5/h7-10H,11-14H2,1-6H3,(H,21,26). The molecule has 8 nitrogen and oxygen atoms in total. The maximum absolute atomic E-state index is 12.1. The van der Waals surface area contributed by atoms with E-state index >= 15 is 0 Å². The van der Waals surface area contributed by atoms with Crippen LogP contribution in [0.1, 0.15) is 32.8 Å². The van der Waals surface area contributed by atoms with Crippen molar-refractivity contribution in [3.8, 4) is 0 Å². The van der Waals surface area contributed by atoms with Gasteiger partial charge in [0.2, 0.25) is 0 Å². The lowest BCUT2D eigenvalue weighted by molar-refractivity contribution is -0.151. The molecule has 0 atom stereocenters. The summed E-state index contributed by atoms with van der Waals surface area (Å²) in [6.07, 6.45) is -0.640. The number of nitrogens with one attached hydrogen (secondary N) is 1. The lowest BCUT2D eigenvalue weighted by Crippen LogP contribution is -2.34. The van der Waals surface area contributed by atoms with E-state index in [1.165, 1.54) is 4.90 Å². The highest BCUT2D eigenvalue weighted by molar-refractivity contribution is 5.80. The number of alkyl carbamates (subject to hydrolysis) is 1. The van der Waals surface area contributed by atoms with Crippen molar-refractivity contribution in [1.29, 1.82) is 0 Å². The first-order chi connectivity index (χ1) is 13.0. The first-order valence-electron chi connectivity index (χ1n) is 9.10. The van der Waals surface area contributed by atoms with Crippen molar-refractivity contribution in [2.75, 3.05) is 39.2 Å². The molecule has 0 aliphatic heterocycles. The van der Waals surface area contributed by atoms with Gasteiger partial charge >= 0.3 is 12.1 Å². The Kier molecular flexibility index (Phi) is 8.76. The van der Waals surface area contributed by atoms with Crippen molar-refractivity contribution in [2.45, 2.75) is 39.3 Å². The Balaban J connectivity index is 2.30. The van der Waals surface area contributed by atoms with Gasteiger partial charge < -0.3 is 24.6 Å². The third kappa shape index (κ3) is 9.25. The van der Waals surface area contributed by atoms with Gasteiger partial charge in [-0.05, 0) is 38.5 Å². The normalized spacial score (nSPS) is 10.8. The Morgan fingerprint density at radius 1 is 1.04 bits per heavy atom. The van der Waals surface area contributed by atoms with Crippen molar-refractivity contribution in [3.05, 3.63) is 29.8 Å². The van der Waals surface area contributed by atoms with Crippen LogP contribution in [0, 0.1) is 0 Å². The molecule has 0 saturated carbocycles. The molecule has 0 unspecified atom stereocenters. The molecule has 0 aromatic heterocycles. The van der Waals surface area contributed by atoms with Gasteiger partial charge in [-0.3, -0.25) is 9.59 Å². The SMILES string of the molecule is CN(Cc1ccc(N(C)C)cc1)C(=O)COC(=O)CCNC(=O)OC(C)(C)C. The molecular weight excluding hydrogens is 362 g/mol. The van der Waals surface area contributed by atoms with Gasteiger partial charge in [-0.1, -0.05) is 12.1 Å². The van der Waals surface area contributed by atoms with Gasteiger partial charge in [-0.25, -0.2) is 4.79 Å². The molecule has 1 N–H and O–H groups in total. The largest absolute Gasteiger partial charge is 0.456 e. The summed E-state index contributed by atoms with van der Waals surface area (Å²) < 4.78 is 10.0. The minimum atomic E-state index is -0.603. The Labute approximate surface area is 166 Å². The molecule has 1 aromatic carbocycles. The number of esters is 1. The van der Waals surface area contributed by atoms with E-state index in [1.807, 2.05) is 43.3 Å². The first kappa shape index (κ1) is 23.3. The molecule has 8 heteroatoms. The highest BCUT2D eigenvalue weighted by atomic mass is 16.6. The van der Waals surface area contributed by atoms with Crippen LogP contribution in [0.5, 0.6) is 0 Å². The van der Waals surface area contributed by atoms with Gasteiger partial charge in [0.15, 0.2) is 6.61 Å². The maximum Gasteiger partial charge on any atom is 0.407 e. The average Bonchev–Trinajstić information content (AvgIpc) is 2.58. The lowest BCUT2D eigenvalue weighted by atomic mass is 10.2.